The third-order valence-electron chi connectivity index (χ3n) is 20.2. The number of unbranched alkanes of at least 4 members (excludes halogenated alkanes) is 9. The molecule has 774 valence electrons. The molecule has 0 atom stereocenters. The van der Waals surface area contributed by atoms with Crippen molar-refractivity contribution in [3.05, 3.63) is 0 Å². The maximum Gasteiger partial charge on any atom is 0.308 e. The lowest BCUT2D eigenvalue weighted by Gasteiger charge is -2.07. The van der Waals surface area contributed by atoms with Gasteiger partial charge in [-0.25, -0.2) is 0 Å². The van der Waals surface area contributed by atoms with Crippen LogP contribution in [0.1, 0.15) is 429 Å². The van der Waals surface area contributed by atoms with Crippen molar-refractivity contribution < 1.29 is 90.5 Å². The SMILES string of the molecule is CC(C)CCCCC(=O)C(C)C.CC(C)CCCCCOC(=O)C(C)C.CC(C)CCCCCOCC(=O)C(C)C.CC(C)CCCCCOCCC(=O)C(C)C.CC(C)CCCCOCC(=O)C(C)C.CC(C)CCOCC(=O)C(C)C.CC(C)CCOCCC(=O)C(C)C.CC(C)CCOCCCCOCC(=O)C(C)C.CC(C)CCOCCCOCC(=O)C(C)C. The summed E-state index contributed by atoms with van der Waals surface area (Å²) in [6.07, 6.45) is 30.7. The number of ketones is 8. The lowest BCUT2D eigenvalue weighted by Crippen LogP contribution is -2.15. The first-order valence-electron chi connectivity index (χ1n) is 51.9. The van der Waals surface area contributed by atoms with Crippen molar-refractivity contribution in [3.63, 3.8) is 0 Å². The predicted molar refractivity (Wildman–Crippen MR) is 545 cm³/mol. The third-order valence-corrected chi connectivity index (χ3v) is 20.2. The predicted octanol–water partition coefficient (Wildman–Crippen LogP) is 27.9. The topological polar surface area (TPSA) is 246 Å². The Morgan fingerprint density at radius 1 is 0.147 bits per heavy atom. The summed E-state index contributed by atoms with van der Waals surface area (Å²) in [6.45, 7) is 85.6. The molecule has 0 heterocycles. The number of esters is 1. The Morgan fingerprint density at radius 3 is 0.581 bits per heavy atom. The fourth-order valence-corrected chi connectivity index (χ4v) is 9.91. The number of rotatable bonds is 74. The van der Waals surface area contributed by atoms with Crippen LogP contribution in [0.3, 0.4) is 0 Å². The van der Waals surface area contributed by atoms with E-state index in [0.717, 1.165) is 166 Å². The van der Waals surface area contributed by atoms with E-state index in [9.17, 15) is 43.2 Å². The van der Waals surface area contributed by atoms with Crippen molar-refractivity contribution in [2.75, 3.05) is 126 Å². The van der Waals surface area contributed by atoms with Crippen LogP contribution in [0.25, 0.3) is 0 Å². The number of Topliss-reactive ketones (excluding diaryl/α,β-unsaturated/α-hetero) is 8. The van der Waals surface area contributed by atoms with Crippen LogP contribution in [0, 0.1) is 107 Å². The first kappa shape index (κ1) is 143. The molecule has 0 spiro atoms. The molecular formula is C110H220O19. The van der Waals surface area contributed by atoms with E-state index < -0.39 is 0 Å². The summed E-state index contributed by atoms with van der Waals surface area (Å²) >= 11 is 0. The molecule has 0 aromatic carbocycles. The molecule has 0 fully saturated rings. The van der Waals surface area contributed by atoms with Gasteiger partial charge in [0.25, 0.3) is 0 Å². The fraction of sp³-hybridized carbons (Fsp3) is 0.918. The van der Waals surface area contributed by atoms with Gasteiger partial charge in [-0.15, -0.1) is 0 Å². The molecule has 0 aromatic heterocycles. The zero-order chi connectivity index (χ0) is 101. The van der Waals surface area contributed by atoms with Crippen LogP contribution in [0.15, 0.2) is 0 Å². The van der Waals surface area contributed by atoms with Gasteiger partial charge in [0.15, 0.2) is 28.9 Å². The minimum absolute atomic E-state index is 0.00524. The lowest BCUT2D eigenvalue weighted by atomic mass is 10.0. The molecule has 0 radical (unpaired) electrons. The molecule has 0 amide bonds. The highest BCUT2D eigenvalue weighted by molar-refractivity contribution is 5.83. The number of carbonyl (C=O) groups excluding carboxylic acids is 9. The molecule has 19 nitrogen and oxygen atoms in total. The summed E-state index contributed by atoms with van der Waals surface area (Å²) in [5.41, 5.74) is 0. The summed E-state index contributed by atoms with van der Waals surface area (Å²) in [6, 6.07) is 0. The van der Waals surface area contributed by atoms with E-state index in [0.29, 0.717) is 107 Å². The summed E-state index contributed by atoms with van der Waals surface area (Å²) in [4.78, 5) is 101. The maximum atomic E-state index is 11.3. The molecule has 19 heteroatoms. The first-order valence-corrected chi connectivity index (χ1v) is 51.9. The Bertz CT molecular complexity index is 2330. The maximum absolute atomic E-state index is 11.3. The van der Waals surface area contributed by atoms with E-state index in [1.807, 2.05) is 125 Å². The van der Waals surface area contributed by atoms with E-state index in [-0.39, 0.29) is 108 Å². The van der Waals surface area contributed by atoms with Crippen molar-refractivity contribution in [1.29, 1.82) is 0 Å². The third kappa shape index (κ3) is 138. The second-order valence-electron chi connectivity index (χ2n) is 41.6. The first-order chi connectivity index (χ1) is 60.3. The summed E-state index contributed by atoms with van der Waals surface area (Å²) in [7, 11) is 0. The van der Waals surface area contributed by atoms with Crippen molar-refractivity contribution in [2.45, 2.75) is 429 Å². The number of hydrogen-bond donors (Lipinski definition) is 0. The molecule has 0 aromatic rings. The van der Waals surface area contributed by atoms with Crippen molar-refractivity contribution in [2.24, 2.45) is 107 Å². The Morgan fingerprint density at radius 2 is 0.326 bits per heavy atom. The van der Waals surface area contributed by atoms with Gasteiger partial charge in [0, 0.05) is 139 Å². The van der Waals surface area contributed by atoms with Crippen molar-refractivity contribution >= 4 is 52.2 Å². The number of ether oxygens (including phenoxy) is 10. The fourth-order valence-electron chi connectivity index (χ4n) is 9.91. The highest BCUT2D eigenvalue weighted by Crippen LogP contribution is 2.15. The lowest BCUT2D eigenvalue weighted by molar-refractivity contribution is -0.147. The highest BCUT2D eigenvalue weighted by atomic mass is 16.5. The van der Waals surface area contributed by atoms with Crippen LogP contribution in [0.4, 0.5) is 0 Å². The molecule has 0 N–H and O–H groups in total. The Kier molecular flexibility index (Phi) is 117. The number of carbonyl (C=O) groups is 9. The summed E-state index contributed by atoms with van der Waals surface area (Å²) in [5.74, 6) is 9.55. The molecule has 0 aliphatic rings. The van der Waals surface area contributed by atoms with Gasteiger partial charge in [-0.2, -0.15) is 0 Å². The van der Waals surface area contributed by atoms with Gasteiger partial charge in [0.2, 0.25) is 0 Å². The largest absolute Gasteiger partial charge is 0.465 e. The smallest absolute Gasteiger partial charge is 0.308 e. The van der Waals surface area contributed by atoms with Crippen LogP contribution in [-0.4, -0.2) is 178 Å². The minimum atomic E-state index is -0.0751. The minimum Gasteiger partial charge on any atom is -0.465 e. The molecule has 0 bridgehead atoms. The van der Waals surface area contributed by atoms with Crippen molar-refractivity contribution in [1.82, 2.24) is 0 Å². The zero-order valence-corrected chi connectivity index (χ0v) is 91.9. The number of hydrogen-bond acceptors (Lipinski definition) is 19. The second kappa shape index (κ2) is 105. The van der Waals surface area contributed by atoms with Gasteiger partial charge < -0.3 is 47.4 Å². The summed E-state index contributed by atoms with van der Waals surface area (Å²) in [5, 5.41) is 0. The molecule has 0 rings (SSSR count). The monoisotopic (exact) mass is 1850 g/mol. The van der Waals surface area contributed by atoms with E-state index >= 15 is 0 Å². The van der Waals surface area contributed by atoms with E-state index in [4.69, 9.17) is 47.4 Å². The van der Waals surface area contributed by atoms with Crippen LogP contribution in [-0.2, 0) is 90.5 Å². The van der Waals surface area contributed by atoms with Gasteiger partial charge in [0.1, 0.15) is 50.4 Å². The average molecular weight is 1850 g/mol. The van der Waals surface area contributed by atoms with Gasteiger partial charge in [-0.3, -0.25) is 43.2 Å². The molecular weight excluding hydrogens is 1630 g/mol. The van der Waals surface area contributed by atoms with E-state index in [1.54, 1.807) is 0 Å². The molecule has 0 aliphatic carbocycles. The zero-order valence-electron chi connectivity index (χ0n) is 91.9. The van der Waals surface area contributed by atoms with E-state index in [2.05, 4.69) is 125 Å². The van der Waals surface area contributed by atoms with Gasteiger partial charge >= 0.3 is 5.97 Å². The van der Waals surface area contributed by atoms with Crippen LogP contribution >= 0.6 is 0 Å². The van der Waals surface area contributed by atoms with Crippen LogP contribution in [0.5, 0.6) is 0 Å². The normalized spacial score (nSPS) is 11.3. The molecule has 0 saturated heterocycles. The standard InChI is InChI=1S/C14H28O3.C14H28O2.C13H26O3.C13H26O2.2C12H24O2.C11H22O2.C11H22O.C10H20O2/c1-12(2)7-10-16-8-5-6-9-17-11-14(15)13(3)4;1-12(2)8-6-5-7-10-16-11-9-14(15)13(3)4;1-11(2)6-9-15-7-5-8-16-10-13(14)12(3)4;1-11(2)8-6-5-7-9-15-10-13(14)12(3)4;1-10(2)7-5-6-8-14-9-12(13)11(3)4;1-10(2)8-6-5-7-9-14-12(13)11(3)4;1-9(2)5-7-13-8-6-11(12)10(3)4;1-9(2)7-5-6-8-11(12)10(3)4;1-8(2)5-6-12-7-10(11)9(3)4/h12-13H,5-11H2,1-4H3;12-13H,5-11H2,1-4H3;11-12H,5-10H2,1-4H3;11-12H,5-10H2,1-4H3;2*10-11H,5-9H2,1-4H3;9-10H,5-8H2,1-4H3;9-10H,5-8H2,1-4H3;8-9H,5-7H2,1-4H3. The molecule has 129 heavy (non-hydrogen) atoms. The Balaban J connectivity index is -0.000000180. The Hall–Kier alpha value is -3.53. The van der Waals surface area contributed by atoms with Gasteiger partial charge in [0.05, 0.1) is 25.7 Å². The quantitative estimate of drug-likeness (QED) is 0.0405. The molecule has 0 saturated carbocycles. The van der Waals surface area contributed by atoms with E-state index in [1.165, 1.54) is 83.5 Å². The van der Waals surface area contributed by atoms with Crippen molar-refractivity contribution in [3.8, 4) is 0 Å². The molecule has 0 unspecified atom stereocenters. The van der Waals surface area contributed by atoms with Crippen LogP contribution < -0.4 is 0 Å². The highest BCUT2D eigenvalue weighted by Gasteiger charge is 2.14. The van der Waals surface area contributed by atoms with Crippen LogP contribution in [0.2, 0.25) is 0 Å². The Labute approximate surface area is 799 Å². The molecule has 0 aliphatic heterocycles. The van der Waals surface area contributed by atoms with Gasteiger partial charge in [-0.1, -0.05) is 333 Å². The average Bonchev–Trinajstić information content (AvgIpc) is 1.02. The second-order valence-corrected chi connectivity index (χ2v) is 41.6. The summed E-state index contributed by atoms with van der Waals surface area (Å²) < 4.78 is 53.2. The van der Waals surface area contributed by atoms with Gasteiger partial charge in [-0.05, 0) is 130 Å².